The molecule has 62 heavy (non-hydrogen) atoms. The average Bonchev–Trinajstić information content (AvgIpc) is 3.19. The molecular formula is C43H52N2O17. The molecule has 2 fully saturated rings. The van der Waals surface area contributed by atoms with Crippen molar-refractivity contribution >= 4 is 39.3 Å². The molecule has 2 saturated heterocycles. The third kappa shape index (κ3) is 9.09. The van der Waals surface area contributed by atoms with Crippen molar-refractivity contribution in [3.63, 3.8) is 0 Å². The largest absolute Gasteiger partial charge is 0.507 e. The molecule has 4 aromatic rings. The Labute approximate surface area is 353 Å². The number of benzene rings is 2. The van der Waals surface area contributed by atoms with Gasteiger partial charge in [0.15, 0.2) is 10.9 Å². The maximum atomic E-state index is 13.5. The summed E-state index contributed by atoms with van der Waals surface area (Å²) in [5.41, 5.74) is 1.25. The van der Waals surface area contributed by atoms with Crippen LogP contribution in [-0.4, -0.2) is 143 Å². The van der Waals surface area contributed by atoms with Crippen molar-refractivity contribution in [2.75, 3.05) is 19.8 Å². The Morgan fingerprint density at radius 2 is 1.13 bits per heavy atom. The molecule has 0 radical (unpaired) electrons. The Morgan fingerprint density at radius 1 is 0.661 bits per heavy atom. The van der Waals surface area contributed by atoms with Crippen LogP contribution in [0, 0.1) is 20.8 Å². The second kappa shape index (κ2) is 18.8. The van der Waals surface area contributed by atoms with Gasteiger partial charge in [0.1, 0.15) is 95.5 Å². The second-order valence-electron chi connectivity index (χ2n) is 16.1. The molecule has 10 N–H and O–H groups in total. The van der Waals surface area contributed by atoms with Crippen LogP contribution in [0.4, 0.5) is 0 Å². The Hall–Kier alpha value is -4.93. The zero-order valence-electron chi connectivity index (χ0n) is 34.6. The van der Waals surface area contributed by atoms with Crippen molar-refractivity contribution in [2.24, 2.45) is 9.98 Å². The summed E-state index contributed by atoms with van der Waals surface area (Å²) in [4.78, 5) is 48.0. The molecular weight excluding hydrogens is 816 g/mol. The number of nitrogens with zero attached hydrogens (tertiary/aromatic N) is 2. The first-order valence-electron chi connectivity index (χ1n) is 20.0. The molecule has 0 spiro atoms. The first kappa shape index (κ1) is 46.6. The predicted octanol–water partition coefficient (Wildman–Crippen LogP) is 0.110. The Morgan fingerprint density at radius 3 is 1.63 bits per heavy atom. The van der Waals surface area contributed by atoms with Crippen LogP contribution < -0.4 is 10.9 Å². The van der Waals surface area contributed by atoms with Crippen LogP contribution in [-0.2, 0) is 27.1 Å². The van der Waals surface area contributed by atoms with Crippen molar-refractivity contribution in [1.82, 2.24) is 0 Å². The van der Waals surface area contributed by atoms with Gasteiger partial charge < -0.3 is 69.4 Å². The van der Waals surface area contributed by atoms with Crippen molar-refractivity contribution < 1.29 is 74.2 Å². The number of aliphatic imine (C=N–C) groups is 2. The molecule has 0 aliphatic carbocycles. The number of carboxylic acid groups (broad SMARTS) is 1. The Bertz CT molecular complexity index is 2510. The van der Waals surface area contributed by atoms with Gasteiger partial charge in [0.25, 0.3) is 0 Å². The summed E-state index contributed by atoms with van der Waals surface area (Å²) >= 11 is 0. The van der Waals surface area contributed by atoms with Gasteiger partial charge in [0, 0.05) is 48.5 Å². The van der Waals surface area contributed by atoms with Crippen LogP contribution >= 0.6 is 0 Å². The Balaban J connectivity index is 1.21. The first-order valence-corrected chi connectivity index (χ1v) is 20.0. The molecule has 2 aliphatic rings. The molecule has 2 aromatic carbocycles. The molecule has 6 rings (SSSR count). The van der Waals surface area contributed by atoms with Gasteiger partial charge in [-0.3, -0.25) is 19.6 Å². The summed E-state index contributed by atoms with van der Waals surface area (Å²) < 4.78 is 23.8. The van der Waals surface area contributed by atoms with Crippen LogP contribution in [0.5, 0.6) is 5.75 Å². The van der Waals surface area contributed by atoms with E-state index in [1.54, 1.807) is 33.8 Å². The lowest BCUT2D eigenvalue weighted by atomic mass is 9.87. The standard InChI is InChI=1S/C43H52N2O17/c1-16-8-17(2)31(41-37(55)35(53)33(51)27(14-46)61-41)39-29(16)25(49)12-21(59-39)10-19(4)44-7-6-23(43(57)58)45-20(5)11-22-13-26(50)30-18(3)9-24(48)32(40(30)60-22)42-38(56)36(54)34(52)28(15-47)62-42/h8-9,12-13,23,27-28,33-38,41-42,46-48,51-56H,6-7,10-11,14-15H2,1-5H3,(H,57,58)/b44-19+,45-20+. The van der Waals surface area contributed by atoms with E-state index in [1.165, 1.54) is 25.1 Å². The molecule has 0 saturated carbocycles. The molecule has 11 atom stereocenters. The number of aryl methyl sites for hydroxylation is 3. The van der Waals surface area contributed by atoms with Gasteiger partial charge in [-0.1, -0.05) is 6.07 Å². The number of aromatic hydroxyl groups is 1. The van der Waals surface area contributed by atoms with Gasteiger partial charge in [0.05, 0.1) is 29.5 Å². The maximum Gasteiger partial charge on any atom is 0.328 e. The van der Waals surface area contributed by atoms with E-state index in [2.05, 4.69) is 9.98 Å². The summed E-state index contributed by atoms with van der Waals surface area (Å²) in [6.07, 6.45) is -15.6. The number of fused-ring (bicyclic) bond motifs is 2. The van der Waals surface area contributed by atoms with E-state index in [0.29, 0.717) is 22.4 Å². The number of carboxylic acids is 1. The van der Waals surface area contributed by atoms with Crippen molar-refractivity contribution in [2.45, 2.75) is 121 Å². The van der Waals surface area contributed by atoms with Gasteiger partial charge >= 0.3 is 5.97 Å². The molecule has 11 unspecified atom stereocenters. The molecule has 4 heterocycles. The normalized spacial score (nSPS) is 27.8. The summed E-state index contributed by atoms with van der Waals surface area (Å²) in [5.74, 6) is -1.49. The highest BCUT2D eigenvalue weighted by Crippen LogP contribution is 2.42. The molecule has 0 amide bonds. The SMILES string of the molecule is C/C(Cc1cc(=O)c2c(C)cc(C)c(C3OC(CO)C(O)C(O)C3O)c2o1)=N\CCC(/N=C(\C)Cc1cc(=O)c2c(C)cc(O)c(C3OC(CO)C(O)C(O)C3O)c2o1)C(=O)O. The summed E-state index contributed by atoms with van der Waals surface area (Å²) in [6.45, 7) is 6.79. The van der Waals surface area contributed by atoms with Gasteiger partial charge in [-0.15, -0.1) is 0 Å². The fraction of sp³-hybridized carbons (Fsp3) is 0.512. The minimum Gasteiger partial charge on any atom is -0.507 e. The number of ether oxygens (including phenoxy) is 2. The van der Waals surface area contributed by atoms with E-state index >= 15 is 0 Å². The highest BCUT2D eigenvalue weighted by atomic mass is 16.6. The fourth-order valence-electron chi connectivity index (χ4n) is 8.31. The quantitative estimate of drug-likeness (QED) is 0.0797. The van der Waals surface area contributed by atoms with E-state index < -0.39 is 103 Å². The van der Waals surface area contributed by atoms with E-state index in [0.717, 1.165) is 0 Å². The van der Waals surface area contributed by atoms with Crippen LogP contribution in [0.2, 0.25) is 0 Å². The third-order valence-electron chi connectivity index (χ3n) is 11.4. The number of aliphatic carboxylic acids is 1. The maximum absolute atomic E-state index is 13.5. The predicted molar refractivity (Wildman–Crippen MR) is 221 cm³/mol. The van der Waals surface area contributed by atoms with Gasteiger partial charge in [0.2, 0.25) is 0 Å². The number of hydrogen-bond acceptors (Lipinski definition) is 18. The summed E-state index contributed by atoms with van der Waals surface area (Å²) in [7, 11) is 0. The molecule has 2 aliphatic heterocycles. The number of phenolic OH excluding ortho intramolecular Hbond substituents is 1. The van der Waals surface area contributed by atoms with Gasteiger partial charge in [-0.25, -0.2) is 4.79 Å². The topological polar surface area (TPSA) is 323 Å². The third-order valence-corrected chi connectivity index (χ3v) is 11.4. The van der Waals surface area contributed by atoms with E-state index in [1.807, 2.05) is 0 Å². The lowest BCUT2D eigenvalue weighted by Gasteiger charge is -2.40. The number of carbonyl (C=O) groups is 1. The molecule has 19 heteroatoms. The number of hydrogen-bond donors (Lipinski definition) is 10. The first-order chi connectivity index (χ1) is 29.3. The van der Waals surface area contributed by atoms with Gasteiger partial charge in [-0.2, -0.15) is 0 Å². The molecule has 0 bridgehead atoms. The number of aliphatic hydroxyl groups excluding tert-OH is 8. The number of rotatable bonds is 13. The van der Waals surface area contributed by atoms with Crippen LogP contribution in [0.3, 0.4) is 0 Å². The fourth-order valence-corrected chi connectivity index (χ4v) is 8.31. The van der Waals surface area contributed by atoms with Crippen LogP contribution in [0.1, 0.15) is 71.8 Å². The van der Waals surface area contributed by atoms with Crippen LogP contribution in [0.25, 0.3) is 21.9 Å². The van der Waals surface area contributed by atoms with E-state index in [-0.39, 0.29) is 76.1 Å². The molecule has 336 valence electrons. The van der Waals surface area contributed by atoms with Crippen molar-refractivity contribution in [3.05, 3.63) is 84.0 Å². The van der Waals surface area contributed by atoms with Crippen LogP contribution in [0.15, 0.2) is 52.7 Å². The van der Waals surface area contributed by atoms with E-state index in [9.17, 15) is 65.4 Å². The number of phenols is 1. The minimum atomic E-state index is -1.79. The zero-order valence-corrected chi connectivity index (χ0v) is 34.6. The average molecular weight is 869 g/mol. The van der Waals surface area contributed by atoms with Crippen molar-refractivity contribution in [3.8, 4) is 5.75 Å². The highest BCUT2D eigenvalue weighted by molar-refractivity contribution is 5.89. The summed E-state index contributed by atoms with van der Waals surface area (Å²) in [5, 5.41) is 104. The zero-order chi connectivity index (χ0) is 45.5. The summed E-state index contributed by atoms with van der Waals surface area (Å²) in [6, 6.07) is 4.18. The number of aliphatic hydroxyl groups is 8. The Kier molecular flexibility index (Phi) is 14.1. The van der Waals surface area contributed by atoms with E-state index in [4.69, 9.17) is 18.3 Å². The molecule has 19 nitrogen and oxygen atoms in total. The highest BCUT2D eigenvalue weighted by Gasteiger charge is 2.47. The van der Waals surface area contributed by atoms with Crippen molar-refractivity contribution in [1.29, 1.82) is 0 Å². The lowest BCUT2D eigenvalue weighted by Crippen LogP contribution is -2.55. The monoisotopic (exact) mass is 868 g/mol. The lowest BCUT2D eigenvalue weighted by molar-refractivity contribution is -0.231. The smallest absolute Gasteiger partial charge is 0.328 e. The molecule has 2 aromatic heterocycles. The van der Waals surface area contributed by atoms with Gasteiger partial charge in [-0.05, 0) is 63.8 Å². The second-order valence-corrected chi connectivity index (χ2v) is 16.1. The minimum absolute atomic E-state index is 0.00218.